The summed E-state index contributed by atoms with van der Waals surface area (Å²) in [7, 11) is 1.24. The fourth-order valence-electron chi connectivity index (χ4n) is 1.43. The second-order valence-electron chi connectivity index (χ2n) is 3.69. The predicted molar refractivity (Wildman–Crippen MR) is 64.3 cm³/mol. The van der Waals surface area contributed by atoms with Crippen LogP contribution in [-0.2, 0) is 10.3 Å². The molecule has 1 aromatic rings. The van der Waals surface area contributed by atoms with Crippen molar-refractivity contribution in [1.82, 2.24) is 5.32 Å². The van der Waals surface area contributed by atoms with Gasteiger partial charge in [-0.05, 0) is 12.5 Å². The van der Waals surface area contributed by atoms with E-state index in [-0.39, 0.29) is 0 Å². The van der Waals surface area contributed by atoms with E-state index < -0.39 is 18.2 Å². The highest BCUT2D eigenvalue weighted by Gasteiger charge is 2.31. The number of carbonyl (C=O) groups is 1. The first-order valence-electron chi connectivity index (χ1n) is 5.10. The Hall–Kier alpha value is -1.99. The van der Waals surface area contributed by atoms with Crippen LogP contribution in [0.15, 0.2) is 24.3 Å². The highest BCUT2D eigenvalue weighted by molar-refractivity contribution is 5.69. The third kappa shape index (κ3) is 2.77. The zero-order valence-electron chi connectivity index (χ0n) is 9.86. The van der Waals surface area contributed by atoms with Crippen LogP contribution in [0.3, 0.4) is 0 Å². The van der Waals surface area contributed by atoms with Crippen molar-refractivity contribution in [1.29, 1.82) is 0 Å². The monoisotopic (exact) mass is 233 g/mol. The van der Waals surface area contributed by atoms with Gasteiger partial charge >= 0.3 is 6.09 Å². The van der Waals surface area contributed by atoms with Gasteiger partial charge in [-0.3, -0.25) is 5.32 Å². The Kier molecular flexibility index (Phi) is 4.13. The summed E-state index contributed by atoms with van der Waals surface area (Å²) in [4.78, 5) is 11.2. The molecule has 1 aromatic carbocycles. The van der Waals surface area contributed by atoms with E-state index in [9.17, 15) is 9.90 Å². The molecule has 0 fully saturated rings. The van der Waals surface area contributed by atoms with E-state index in [2.05, 4.69) is 16.0 Å². The van der Waals surface area contributed by atoms with E-state index >= 15 is 0 Å². The Bertz CT molecular complexity index is 433. The molecule has 17 heavy (non-hydrogen) atoms. The first kappa shape index (κ1) is 13.1. The van der Waals surface area contributed by atoms with E-state index in [4.69, 9.17) is 6.42 Å². The topological polar surface area (TPSA) is 58.6 Å². The fraction of sp³-hybridized carbons (Fsp3) is 0.308. The molecular weight excluding hydrogens is 218 g/mol. The van der Waals surface area contributed by atoms with Gasteiger partial charge < -0.3 is 9.84 Å². The quantitative estimate of drug-likeness (QED) is 0.770. The van der Waals surface area contributed by atoms with E-state index in [0.717, 1.165) is 5.56 Å². The Morgan fingerprint density at radius 3 is 2.53 bits per heavy atom. The van der Waals surface area contributed by atoms with Crippen molar-refractivity contribution in [3.8, 4) is 12.3 Å². The summed E-state index contributed by atoms with van der Waals surface area (Å²) < 4.78 is 4.50. The molecule has 4 nitrogen and oxygen atoms in total. The normalized spacial score (nSPS) is 13.3. The average molecular weight is 233 g/mol. The van der Waals surface area contributed by atoms with E-state index in [1.807, 2.05) is 19.1 Å². The van der Waals surface area contributed by atoms with Crippen LogP contribution in [0.25, 0.3) is 0 Å². The largest absolute Gasteiger partial charge is 0.453 e. The second-order valence-corrected chi connectivity index (χ2v) is 3.69. The second kappa shape index (κ2) is 5.37. The number of aliphatic hydroxyl groups is 1. The number of methoxy groups -OCH3 is 1. The Morgan fingerprint density at radius 1 is 1.53 bits per heavy atom. The highest BCUT2D eigenvalue weighted by Crippen LogP contribution is 2.20. The van der Waals surface area contributed by atoms with Crippen LogP contribution in [0.2, 0.25) is 0 Å². The summed E-state index contributed by atoms with van der Waals surface area (Å²) in [5, 5.41) is 11.9. The molecule has 4 heteroatoms. The van der Waals surface area contributed by atoms with Crippen molar-refractivity contribution in [3.05, 3.63) is 35.4 Å². The number of aliphatic hydroxyl groups excluding tert-OH is 1. The lowest BCUT2D eigenvalue weighted by Crippen LogP contribution is -2.47. The molecule has 0 radical (unpaired) electrons. The molecule has 0 heterocycles. The van der Waals surface area contributed by atoms with Crippen molar-refractivity contribution < 1.29 is 14.6 Å². The van der Waals surface area contributed by atoms with Crippen LogP contribution < -0.4 is 5.32 Å². The lowest BCUT2D eigenvalue weighted by Gasteiger charge is -2.27. The van der Waals surface area contributed by atoms with E-state index in [1.54, 1.807) is 12.1 Å². The summed E-state index contributed by atoms with van der Waals surface area (Å²) in [5.74, 6) is 2.40. The van der Waals surface area contributed by atoms with Crippen molar-refractivity contribution in [2.45, 2.75) is 12.5 Å². The summed E-state index contributed by atoms with van der Waals surface area (Å²) in [5.41, 5.74) is 0.454. The standard InChI is InChI=1S/C13H15NO3/c1-4-13(9-15,14-12(16)17-3)11-7-5-10(2)6-8-11/h1,5-8,15H,9H2,2-3H3,(H,14,16)/t13-/m0/s1. The van der Waals surface area contributed by atoms with Crippen LogP contribution in [0.5, 0.6) is 0 Å². The molecule has 0 saturated carbocycles. The fourth-order valence-corrected chi connectivity index (χ4v) is 1.43. The maximum Gasteiger partial charge on any atom is 0.408 e. The zero-order valence-corrected chi connectivity index (χ0v) is 9.86. The van der Waals surface area contributed by atoms with Gasteiger partial charge in [0.2, 0.25) is 0 Å². The van der Waals surface area contributed by atoms with Crippen LogP contribution in [-0.4, -0.2) is 24.9 Å². The van der Waals surface area contributed by atoms with Crippen molar-refractivity contribution in [2.24, 2.45) is 0 Å². The molecule has 0 spiro atoms. The number of hydrogen-bond donors (Lipinski definition) is 2. The first-order valence-corrected chi connectivity index (χ1v) is 5.10. The average Bonchev–Trinajstić information content (AvgIpc) is 2.37. The lowest BCUT2D eigenvalue weighted by atomic mass is 9.91. The van der Waals surface area contributed by atoms with Gasteiger partial charge in [0, 0.05) is 0 Å². The minimum absolute atomic E-state index is 0.401. The van der Waals surface area contributed by atoms with Gasteiger partial charge in [-0.15, -0.1) is 6.42 Å². The molecule has 0 saturated heterocycles. The number of benzene rings is 1. The number of aryl methyl sites for hydroxylation is 1. The van der Waals surface area contributed by atoms with Crippen LogP contribution in [0.4, 0.5) is 4.79 Å². The van der Waals surface area contributed by atoms with Gasteiger partial charge in [-0.2, -0.15) is 0 Å². The molecule has 1 atom stereocenters. The molecule has 1 rings (SSSR count). The van der Waals surface area contributed by atoms with Crippen LogP contribution >= 0.6 is 0 Å². The van der Waals surface area contributed by atoms with Crippen molar-refractivity contribution in [3.63, 3.8) is 0 Å². The minimum Gasteiger partial charge on any atom is -0.453 e. The number of carbonyl (C=O) groups excluding carboxylic acids is 1. The number of nitrogens with one attached hydrogen (secondary N) is 1. The molecule has 0 aliphatic carbocycles. The molecule has 0 unspecified atom stereocenters. The molecule has 0 aromatic heterocycles. The van der Waals surface area contributed by atoms with Gasteiger partial charge in [0.05, 0.1) is 13.7 Å². The van der Waals surface area contributed by atoms with Crippen LogP contribution in [0.1, 0.15) is 11.1 Å². The lowest BCUT2D eigenvalue weighted by molar-refractivity contribution is 0.144. The molecule has 2 N–H and O–H groups in total. The maximum absolute atomic E-state index is 11.2. The summed E-state index contributed by atoms with van der Waals surface area (Å²) in [6.45, 7) is 1.54. The third-order valence-electron chi connectivity index (χ3n) is 2.53. The Morgan fingerprint density at radius 2 is 2.12 bits per heavy atom. The molecule has 0 aliphatic rings. The van der Waals surface area contributed by atoms with Gasteiger partial charge in [0.25, 0.3) is 0 Å². The number of ether oxygens (including phenoxy) is 1. The maximum atomic E-state index is 11.2. The van der Waals surface area contributed by atoms with Gasteiger partial charge in [0.1, 0.15) is 0 Å². The van der Waals surface area contributed by atoms with Gasteiger partial charge in [-0.25, -0.2) is 4.79 Å². The minimum atomic E-state index is -1.25. The number of terminal acetylenes is 1. The SMILES string of the molecule is C#C[C@@](CO)(NC(=O)OC)c1ccc(C)cc1. The van der Waals surface area contributed by atoms with Gasteiger partial charge in [-0.1, -0.05) is 35.7 Å². The Labute approximate surface area is 101 Å². The van der Waals surface area contributed by atoms with Crippen molar-refractivity contribution >= 4 is 6.09 Å². The molecule has 1 amide bonds. The number of alkyl carbamates (subject to hydrolysis) is 1. The van der Waals surface area contributed by atoms with Gasteiger partial charge in [0.15, 0.2) is 5.54 Å². The number of amides is 1. The molecule has 0 aliphatic heterocycles. The summed E-state index contributed by atoms with van der Waals surface area (Å²) in [6.07, 6.45) is 4.73. The van der Waals surface area contributed by atoms with E-state index in [0.29, 0.717) is 5.56 Å². The molecule has 0 bridgehead atoms. The predicted octanol–water partition coefficient (Wildman–Crippen LogP) is 1.17. The first-order chi connectivity index (χ1) is 8.07. The summed E-state index contributed by atoms with van der Waals surface area (Å²) >= 11 is 0. The number of hydrogen-bond acceptors (Lipinski definition) is 3. The molecule has 90 valence electrons. The van der Waals surface area contributed by atoms with E-state index in [1.165, 1.54) is 7.11 Å². The van der Waals surface area contributed by atoms with Crippen LogP contribution in [0, 0.1) is 19.3 Å². The van der Waals surface area contributed by atoms with Crippen molar-refractivity contribution in [2.75, 3.05) is 13.7 Å². The smallest absolute Gasteiger partial charge is 0.408 e. The third-order valence-corrected chi connectivity index (χ3v) is 2.53. The zero-order chi connectivity index (χ0) is 12.9. The molecular formula is C13H15NO3. The Balaban J connectivity index is 3.11. The highest BCUT2D eigenvalue weighted by atomic mass is 16.5. The summed E-state index contributed by atoms with van der Waals surface area (Å²) in [6, 6.07) is 7.24. The number of rotatable bonds is 3.